The third kappa shape index (κ3) is 4.98. The van der Waals surface area contributed by atoms with Gasteiger partial charge in [0.25, 0.3) is 10.2 Å². The lowest BCUT2D eigenvalue weighted by Crippen LogP contribution is -2.50. The third-order valence-electron chi connectivity index (χ3n) is 4.02. The van der Waals surface area contributed by atoms with Gasteiger partial charge in [0.05, 0.1) is 0 Å². The summed E-state index contributed by atoms with van der Waals surface area (Å²) in [7, 11) is -1.59. The molecule has 5 nitrogen and oxygen atoms in total. The van der Waals surface area contributed by atoms with Crippen LogP contribution in [-0.4, -0.2) is 56.3 Å². The molecule has 0 radical (unpaired) electrons. The summed E-state index contributed by atoms with van der Waals surface area (Å²) in [6.07, 6.45) is 3.90. The van der Waals surface area contributed by atoms with Crippen molar-refractivity contribution in [1.82, 2.24) is 13.9 Å². The molecule has 0 aromatic heterocycles. The van der Waals surface area contributed by atoms with E-state index in [4.69, 9.17) is 0 Å². The molecule has 1 fully saturated rings. The van der Waals surface area contributed by atoms with Crippen molar-refractivity contribution in [1.29, 1.82) is 0 Å². The van der Waals surface area contributed by atoms with E-state index >= 15 is 0 Å². The van der Waals surface area contributed by atoms with Crippen molar-refractivity contribution in [2.24, 2.45) is 5.92 Å². The molecule has 1 rings (SSSR count). The largest absolute Gasteiger partial charge is 0.317 e. The highest BCUT2D eigenvalue weighted by atomic mass is 32.2. The second-order valence-corrected chi connectivity index (χ2v) is 8.01. The third-order valence-corrected chi connectivity index (χ3v) is 6.13. The fourth-order valence-corrected chi connectivity index (χ4v) is 4.35. The van der Waals surface area contributed by atoms with Crippen LogP contribution in [0.25, 0.3) is 0 Å². The zero-order valence-corrected chi connectivity index (χ0v) is 14.2. The molecule has 0 spiro atoms. The Balaban J connectivity index is 2.46. The highest BCUT2D eigenvalue weighted by Crippen LogP contribution is 2.25. The quantitative estimate of drug-likeness (QED) is 0.694. The Bertz CT molecular complexity index is 373. The van der Waals surface area contributed by atoms with Gasteiger partial charge in [-0.05, 0) is 51.6 Å². The lowest BCUT2D eigenvalue weighted by Gasteiger charge is -2.37. The standard InChI is InChI=1S/C14H31N3O2S/c1-5-8-15-9-6-10-16(4)20(18,19)17-11-7-13(2)12-14(17)3/h13-15H,5-12H2,1-4H3. The van der Waals surface area contributed by atoms with E-state index in [1.165, 1.54) is 4.31 Å². The predicted octanol–water partition coefficient (Wildman–Crippen LogP) is 1.67. The SMILES string of the molecule is CCCNCCCN(C)S(=O)(=O)N1CCC(C)CC1C. The summed E-state index contributed by atoms with van der Waals surface area (Å²) in [5, 5.41) is 3.30. The molecule has 2 unspecified atom stereocenters. The van der Waals surface area contributed by atoms with Crippen LogP contribution in [-0.2, 0) is 10.2 Å². The Morgan fingerprint density at radius 1 is 1.30 bits per heavy atom. The van der Waals surface area contributed by atoms with Crippen LogP contribution in [0.15, 0.2) is 0 Å². The average Bonchev–Trinajstić information content (AvgIpc) is 2.37. The molecule has 6 heteroatoms. The summed E-state index contributed by atoms with van der Waals surface area (Å²) in [5.74, 6) is 0.625. The molecular formula is C14H31N3O2S. The maximum absolute atomic E-state index is 12.6. The van der Waals surface area contributed by atoms with Crippen molar-refractivity contribution >= 4 is 10.2 Å². The lowest BCUT2D eigenvalue weighted by atomic mass is 9.95. The van der Waals surface area contributed by atoms with E-state index in [0.717, 1.165) is 38.8 Å². The second-order valence-electron chi connectivity index (χ2n) is 6.02. The first kappa shape index (κ1) is 17.9. The molecule has 0 aromatic rings. The van der Waals surface area contributed by atoms with Gasteiger partial charge in [0.1, 0.15) is 0 Å². The van der Waals surface area contributed by atoms with Gasteiger partial charge in [-0.25, -0.2) is 0 Å². The van der Waals surface area contributed by atoms with Gasteiger partial charge in [-0.1, -0.05) is 13.8 Å². The Labute approximate surface area is 124 Å². The number of rotatable bonds is 8. The Kier molecular flexibility index (Phi) is 7.43. The average molecular weight is 305 g/mol. The van der Waals surface area contributed by atoms with E-state index in [-0.39, 0.29) is 6.04 Å². The van der Waals surface area contributed by atoms with Crippen molar-refractivity contribution in [3.05, 3.63) is 0 Å². The minimum Gasteiger partial charge on any atom is -0.317 e. The molecule has 1 N–H and O–H groups in total. The Hall–Kier alpha value is -0.170. The van der Waals surface area contributed by atoms with Crippen molar-refractivity contribution in [2.45, 2.75) is 52.5 Å². The van der Waals surface area contributed by atoms with Crippen LogP contribution in [0.4, 0.5) is 0 Å². The smallest absolute Gasteiger partial charge is 0.281 e. The van der Waals surface area contributed by atoms with Crippen LogP contribution >= 0.6 is 0 Å². The van der Waals surface area contributed by atoms with Gasteiger partial charge in [0.15, 0.2) is 0 Å². The number of piperidine rings is 1. The van der Waals surface area contributed by atoms with E-state index in [1.54, 1.807) is 11.4 Å². The number of nitrogens with one attached hydrogen (secondary N) is 1. The van der Waals surface area contributed by atoms with Gasteiger partial charge < -0.3 is 5.32 Å². The first-order valence-corrected chi connectivity index (χ1v) is 9.23. The summed E-state index contributed by atoms with van der Waals surface area (Å²) in [4.78, 5) is 0. The molecule has 1 saturated heterocycles. The topological polar surface area (TPSA) is 52.7 Å². The number of hydrogen-bond donors (Lipinski definition) is 1. The normalized spacial score (nSPS) is 25.2. The monoisotopic (exact) mass is 305 g/mol. The lowest BCUT2D eigenvalue weighted by molar-refractivity contribution is 0.208. The fourth-order valence-electron chi connectivity index (χ4n) is 2.75. The summed E-state index contributed by atoms with van der Waals surface area (Å²) in [5.41, 5.74) is 0. The molecule has 120 valence electrons. The maximum Gasteiger partial charge on any atom is 0.281 e. The van der Waals surface area contributed by atoms with Crippen LogP contribution < -0.4 is 5.32 Å². The van der Waals surface area contributed by atoms with Gasteiger partial charge in [-0.15, -0.1) is 0 Å². The van der Waals surface area contributed by atoms with Crippen LogP contribution in [0.5, 0.6) is 0 Å². The first-order chi connectivity index (χ1) is 9.39. The van der Waals surface area contributed by atoms with Gasteiger partial charge in [0, 0.05) is 26.2 Å². The maximum atomic E-state index is 12.6. The van der Waals surface area contributed by atoms with Crippen molar-refractivity contribution in [3.63, 3.8) is 0 Å². The van der Waals surface area contributed by atoms with E-state index in [2.05, 4.69) is 19.2 Å². The number of hydrogen-bond acceptors (Lipinski definition) is 3. The fraction of sp³-hybridized carbons (Fsp3) is 1.00. The van der Waals surface area contributed by atoms with Crippen LogP contribution in [0.1, 0.15) is 46.5 Å². The van der Waals surface area contributed by atoms with Crippen LogP contribution in [0.2, 0.25) is 0 Å². The van der Waals surface area contributed by atoms with Crippen LogP contribution in [0, 0.1) is 5.92 Å². The number of nitrogens with zero attached hydrogens (tertiary/aromatic N) is 2. The summed E-state index contributed by atoms with van der Waals surface area (Å²) in [6.45, 7) is 9.45. The molecule has 0 aliphatic carbocycles. The van der Waals surface area contributed by atoms with Gasteiger partial charge >= 0.3 is 0 Å². The van der Waals surface area contributed by atoms with Gasteiger partial charge in [-0.2, -0.15) is 17.0 Å². The predicted molar refractivity (Wildman–Crippen MR) is 83.9 cm³/mol. The van der Waals surface area contributed by atoms with Gasteiger partial charge in [0.2, 0.25) is 0 Å². The summed E-state index contributed by atoms with van der Waals surface area (Å²) in [6, 6.07) is 0.115. The minimum absolute atomic E-state index is 0.115. The Morgan fingerprint density at radius 3 is 2.60 bits per heavy atom. The first-order valence-electron chi connectivity index (χ1n) is 7.83. The molecule has 20 heavy (non-hydrogen) atoms. The highest BCUT2D eigenvalue weighted by Gasteiger charge is 2.34. The molecule has 2 atom stereocenters. The summed E-state index contributed by atoms with van der Waals surface area (Å²) < 4.78 is 28.3. The van der Waals surface area contributed by atoms with E-state index in [0.29, 0.717) is 19.0 Å². The molecular weight excluding hydrogens is 274 g/mol. The molecule has 1 heterocycles. The minimum atomic E-state index is -3.29. The summed E-state index contributed by atoms with van der Waals surface area (Å²) >= 11 is 0. The molecule has 1 aliphatic rings. The van der Waals surface area contributed by atoms with Crippen molar-refractivity contribution < 1.29 is 8.42 Å². The van der Waals surface area contributed by atoms with Crippen molar-refractivity contribution in [3.8, 4) is 0 Å². The van der Waals surface area contributed by atoms with Crippen molar-refractivity contribution in [2.75, 3.05) is 33.2 Å². The second kappa shape index (κ2) is 8.32. The zero-order valence-electron chi connectivity index (χ0n) is 13.4. The van der Waals surface area contributed by atoms with Gasteiger partial charge in [-0.3, -0.25) is 0 Å². The zero-order chi connectivity index (χ0) is 15.2. The molecule has 0 aromatic carbocycles. The molecule has 0 saturated carbocycles. The Morgan fingerprint density at radius 2 is 2.00 bits per heavy atom. The highest BCUT2D eigenvalue weighted by molar-refractivity contribution is 7.86. The molecule has 1 aliphatic heterocycles. The van der Waals surface area contributed by atoms with Crippen LogP contribution in [0.3, 0.4) is 0 Å². The molecule has 0 bridgehead atoms. The van der Waals surface area contributed by atoms with E-state index < -0.39 is 10.2 Å². The van der Waals surface area contributed by atoms with E-state index in [9.17, 15) is 8.42 Å². The van der Waals surface area contributed by atoms with E-state index in [1.807, 2.05) is 6.92 Å². The molecule has 0 amide bonds.